The minimum absolute atomic E-state index is 0. The van der Waals surface area contributed by atoms with Crippen LogP contribution in [0.2, 0.25) is 5.02 Å². The topological polar surface area (TPSA) is 32.3 Å². The summed E-state index contributed by atoms with van der Waals surface area (Å²) in [6.45, 7) is 4.78. The number of nitrogens with zero attached hydrogens (tertiary/aromatic N) is 1. The van der Waals surface area contributed by atoms with Crippen molar-refractivity contribution in [3.63, 3.8) is 0 Å². The van der Waals surface area contributed by atoms with Gasteiger partial charge in [0, 0.05) is 29.7 Å². The quantitative estimate of drug-likeness (QED) is 0.864. The highest BCUT2D eigenvalue weighted by Crippen LogP contribution is 2.26. The molecule has 1 amide bonds. The third-order valence-electron chi connectivity index (χ3n) is 4.23. The molecule has 2 saturated heterocycles. The van der Waals surface area contributed by atoms with E-state index < -0.39 is 0 Å². The monoisotopic (exact) mass is 314 g/mol. The number of carbonyl (C=O) groups excluding carboxylic acids is 1. The second kappa shape index (κ2) is 6.33. The van der Waals surface area contributed by atoms with Crippen molar-refractivity contribution in [1.82, 2.24) is 10.2 Å². The van der Waals surface area contributed by atoms with Gasteiger partial charge in [0.2, 0.25) is 0 Å². The van der Waals surface area contributed by atoms with Gasteiger partial charge in [-0.3, -0.25) is 4.79 Å². The molecule has 0 spiro atoms. The van der Waals surface area contributed by atoms with Crippen molar-refractivity contribution < 1.29 is 4.79 Å². The minimum Gasteiger partial charge on any atom is -0.338 e. The standard InChI is InChI=1S/C15H19ClN2O.ClH/c1-10-6-12(8-13(16)7-10)15(19)18-5-3-14-11(9-18)2-4-17-14;/h6-8,11,14,17H,2-5,9H2,1H3;1H. The summed E-state index contributed by atoms with van der Waals surface area (Å²) in [4.78, 5) is 14.5. The Balaban J connectivity index is 0.00000147. The number of fused-ring (bicyclic) bond motifs is 1. The fraction of sp³-hybridized carbons (Fsp3) is 0.533. The number of rotatable bonds is 1. The Morgan fingerprint density at radius 3 is 2.90 bits per heavy atom. The van der Waals surface area contributed by atoms with Gasteiger partial charge < -0.3 is 10.2 Å². The predicted octanol–water partition coefficient (Wildman–Crippen LogP) is 2.89. The summed E-state index contributed by atoms with van der Waals surface area (Å²) in [5.41, 5.74) is 1.75. The molecule has 1 aromatic rings. The number of amides is 1. The molecule has 0 bridgehead atoms. The summed E-state index contributed by atoms with van der Waals surface area (Å²) in [7, 11) is 0. The first-order chi connectivity index (χ1) is 9.13. The van der Waals surface area contributed by atoms with Crippen molar-refractivity contribution >= 4 is 29.9 Å². The van der Waals surface area contributed by atoms with E-state index in [1.54, 1.807) is 6.07 Å². The largest absolute Gasteiger partial charge is 0.338 e. The molecule has 2 atom stereocenters. The first kappa shape index (κ1) is 15.6. The number of aryl methyl sites for hydroxylation is 1. The van der Waals surface area contributed by atoms with Gasteiger partial charge in [0.1, 0.15) is 0 Å². The third kappa shape index (κ3) is 3.11. The number of hydrogen-bond donors (Lipinski definition) is 1. The molecule has 0 aromatic heterocycles. The normalized spacial score (nSPS) is 25.0. The second-order valence-electron chi connectivity index (χ2n) is 5.67. The zero-order valence-electron chi connectivity index (χ0n) is 11.6. The number of benzene rings is 1. The van der Waals surface area contributed by atoms with E-state index in [1.807, 2.05) is 24.0 Å². The number of likely N-dealkylation sites (tertiary alicyclic amines) is 1. The second-order valence-corrected chi connectivity index (χ2v) is 6.10. The van der Waals surface area contributed by atoms with E-state index in [1.165, 1.54) is 6.42 Å². The maximum atomic E-state index is 12.5. The van der Waals surface area contributed by atoms with E-state index >= 15 is 0 Å². The lowest BCUT2D eigenvalue weighted by Gasteiger charge is -2.35. The molecule has 1 aromatic carbocycles. The van der Waals surface area contributed by atoms with Crippen LogP contribution in [-0.4, -0.2) is 36.5 Å². The van der Waals surface area contributed by atoms with Crippen LogP contribution in [-0.2, 0) is 0 Å². The molecule has 0 aliphatic carbocycles. The maximum absolute atomic E-state index is 12.5. The van der Waals surface area contributed by atoms with E-state index in [4.69, 9.17) is 11.6 Å². The fourth-order valence-corrected chi connectivity index (χ4v) is 3.56. The Morgan fingerprint density at radius 1 is 1.35 bits per heavy atom. The zero-order valence-corrected chi connectivity index (χ0v) is 13.1. The Hall–Kier alpha value is -0.770. The molecular formula is C15H20Cl2N2O. The summed E-state index contributed by atoms with van der Waals surface area (Å²) >= 11 is 6.04. The lowest BCUT2D eigenvalue weighted by Crippen LogP contribution is -2.46. The van der Waals surface area contributed by atoms with Crippen molar-refractivity contribution in [3.05, 3.63) is 34.3 Å². The van der Waals surface area contributed by atoms with Gasteiger partial charge in [0.25, 0.3) is 5.91 Å². The summed E-state index contributed by atoms with van der Waals surface area (Å²) in [5, 5.41) is 4.16. The van der Waals surface area contributed by atoms with Gasteiger partial charge in [-0.15, -0.1) is 12.4 Å². The number of carbonyl (C=O) groups is 1. The summed E-state index contributed by atoms with van der Waals surface area (Å²) in [6, 6.07) is 6.19. The van der Waals surface area contributed by atoms with Crippen LogP contribution in [0.5, 0.6) is 0 Å². The van der Waals surface area contributed by atoms with E-state index in [-0.39, 0.29) is 18.3 Å². The zero-order chi connectivity index (χ0) is 13.4. The van der Waals surface area contributed by atoms with Gasteiger partial charge in [0.05, 0.1) is 0 Å². The van der Waals surface area contributed by atoms with E-state index in [0.717, 1.165) is 37.2 Å². The molecule has 5 heteroatoms. The number of piperidine rings is 1. The molecule has 1 N–H and O–H groups in total. The number of nitrogens with one attached hydrogen (secondary N) is 1. The Labute approximate surface area is 131 Å². The van der Waals surface area contributed by atoms with Crippen molar-refractivity contribution in [1.29, 1.82) is 0 Å². The fourth-order valence-electron chi connectivity index (χ4n) is 3.27. The van der Waals surface area contributed by atoms with Crippen molar-refractivity contribution in [2.24, 2.45) is 5.92 Å². The van der Waals surface area contributed by atoms with Crippen LogP contribution in [0, 0.1) is 12.8 Å². The lowest BCUT2D eigenvalue weighted by molar-refractivity contribution is 0.0662. The molecule has 2 heterocycles. The van der Waals surface area contributed by atoms with Crippen LogP contribution in [0.3, 0.4) is 0 Å². The maximum Gasteiger partial charge on any atom is 0.253 e. The highest BCUT2D eigenvalue weighted by molar-refractivity contribution is 6.31. The van der Waals surface area contributed by atoms with Gasteiger partial charge in [-0.05, 0) is 56.0 Å². The predicted molar refractivity (Wildman–Crippen MR) is 83.9 cm³/mol. The molecule has 3 rings (SSSR count). The first-order valence-electron chi connectivity index (χ1n) is 6.93. The molecule has 3 nitrogen and oxygen atoms in total. The van der Waals surface area contributed by atoms with Gasteiger partial charge in [-0.2, -0.15) is 0 Å². The lowest BCUT2D eigenvalue weighted by atomic mass is 9.93. The molecular weight excluding hydrogens is 295 g/mol. The average Bonchev–Trinajstić information content (AvgIpc) is 2.83. The minimum atomic E-state index is 0. The van der Waals surface area contributed by atoms with E-state index in [2.05, 4.69) is 5.32 Å². The van der Waals surface area contributed by atoms with Crippen LogP contribution >= 0.6 is 24.0 Å². The molecule has 2 fully saturated rings. The Kier molecular flexibility index (Phi) is 4.95. The van der Waals surface area contributed by atoms with Gasteiger partial charge in [-0.25, -0.2) is 0 Å². The van der Waals surface area contributed by atoms with Crippen molar-refractivity contribution in [3.8, 4) is 0 Å². The molecule has 110 valence electrons. The smallest absolute Gasteiger partial charge is 0.253 e. The Morgan fingerprint density at radius 2 is 2.15 bits per heavy atom. The van der Waals surface area contributed by atoms with Crippen LogP contribution in [0.4, 0.5) is 0 Å². The molecule has 2 unspecified atom stereocenters. The molecule has 20 heavy (non-hydrogen) atoms. The summed E-state index contributed by atoms with van der Waals surface area (Å²) in [5.74, 6) is 0.744. The summed E-state index contributed by atoms with van der Waals surface area (Å²) < 4.78 is 0. The molecule has 0 radical (unpaired) electrons. The highest BCUT2D eigenvalue weighted by atomic mass is 35.5. The molecule has 2 aliphatic rings. The highest BCUT2D eigenvalue weighted by Gasteiger charge is 2.34. The van der Waals surface area contributed by atoms with E-state index in [9.17, 15) is 4.79 Å². The number of hydrogen-bond acceptors (Lipinski definition) is 2. The first-order valence-corrected chi connectivity index (χ1v) is 7.31. The Bertz CT molecular complexity index is 486. The SMILES string of the molecule is Cc1cc(Cl)cc(C(=O)N2CCC3NCCC3C2)c1.Cl. The van der Waals surface area contributed by atoms with Gasteiger partial charge in [-0.1, -0.05) is 11.6 Å². The average molecular weight is 315 g/mol. The van der Waals surface area contributed by atoms with E-state index in [0.29, 0.717) is 17.0 Å². The van der Waals surface area contributed by atoms with Gasteiger partial charge in [0.15, 0.2) is 0 Å². The van der Waals surface area contributed by atoms with Crippen LogP contribution in [0.25, 0.3) is 0 Å². The number of halogens is 2. The van der Waals surface area contributed by atoms with Crippen LogP contribution < -0.4 is 5.32 Å². The van der Waals surface area contributed by atoms with Crippen LogP contribution in [0.1, 0.15) is 28.8 Å². The summed E-state index contributed by atoms with van der Waals surface area (Å²) in [6.07, 6.45) is 2.25. The molecule has 0 saturated carbocycles. The van der Waals surface area contributed by atoms with Crippen LogP contribution in [0.15, 0.2) is 18.2 Å². The third-order valence-corrected chi connectivity index (χ3v) is 4.45. The van der Waals surface area contributed by atoms with Crippen molar-refractivity contribution in [2.45, 2.75) is 25.8 Å². The molecule has 2 aliphatic heterocycles. The van der Waals surface area contributed by atoms with Crippen molar-refractivity contribution in [2.75, 3.05) is 19.6 Å². The van der Waals surface area contributed by atoms with Gasteiger partial charge >= 0.3 is 0 Å².